The van der Waals surface area contributed by atoms with Gasteiger partial charge in [0.2, 0.25) is 0 Å². The summed E-state index contributed by atoms with van der Waals surface area (Å²) in [7, 11) is 1.87. The van der Waals surface area contributed by atoms with Crippen LogP contribution >= 0.6 is 0 Å². The highest BCUT2D eigenvalue weighted by molar-refractivity contribution is 5.97. The standard InChI is InChI=1S/C17H17N3O/c1-20-16-11-14(7-8-15(16)12-19-20)17(21)18-10-9-13-5-3-2-4-6-13/h2-8,11-12H,9-10H2,1H3,(H,18,21). The quantitative estimate of drug-likeness (QED) is 0.798. The summed E-state index contributed by atoms with van der Waals surface area (Å²) in [5, 5.41) is 8.18. The van der Waals surface area contributed by atoms with Gasteiger partial charge in [-0.2, -0.15) is 5.10 Å². The Morgan fingerprint density at radius 3 is 2.81 bits per heavy atom. The fraction of sp³-hybridized carbons (Fsp3) is 0.176. The Labute approximate surface area is 123 Å². The van der Waals surface area contributed by atoms with E-state index < -0.39 is 0 Å². The third kappa shape index (κ3) is 2.94. The summed E-state index contributed by atoms with van der Waals surface area (Å²) in [6.07, 6.45) is 2.63. The molecule has 106 valence electrons. The molecule has 0 aliphatic rings. The SMILES string of the molecule is Cn1ncc2ccc(C(=O)NCCc3ccccc3)cc21. The van der Waals surface area contributed by atoms with Crippen LogP contribution in [-0.4, -0.2) is 22.2 Å². The maximum atomic E-state index is 12.2. The zero-order valence-corrected chi connectivity index (χ0v) is 11.9. The molecule has 0 radical (unpaired) electrons. The van der Waals surface area contributed by atoms with Gasteiger partial charge in [0.15, 0.2) is 0 Å². The highest BCUT2D eigenvalue weighted by Gasteiger charge is 2.07. The van der Waals surface area contributed by atoms with Gasteiger partial charge in [0, 0.05) is 24.5 Å². The second-order valence-electron chi connectivity index (χ2n) is 5.03. The monoisotopic (exact) mass is 279 g/mol. The minimum Gasteiger partial charge on any atom is -0.352 e. The number of carbonyl (C=O) groups excluding carboxylic acids is 1. The Hall–Kier alpha value is -2.62. The zero-order chi connectivity index (χ0) is 14.7. The van der Waals surface area contributed by atoms with Crippen LogP contribution < -0.4 is 5.32 Å². The summed E-state index contributed by atoms with van der Waals surface area (Å²) < 4.78 is 1.77. The second-order valence-corrected chi connectivity index (χ2v) is 5.03. The second kappa shape index (κ2) is 5.79. The normalized spacial score (nSPS) is 10.7. The number of nitrogens with zero attached hydrogens (tertiary/aromatic N) is 2. The Morgan fingerprint density at radius 1 is 1.19 bits per heavy atom. The largest absolute Gasteiger partial charge is 0.352 e. The molecule has 0 aliphatic heterocycles. The van der Waals surface area contributed by atoms with Gasteiger partial charge in [-0.1, -0.05) is 36.4 Å². The first-order chi connectivity index (χ1) is 10.2. The lowest BCUT2D eigenvalue weighted by Gasteiger charge is -2.06. The van der Waals surface area contributed by atoms with Gasteiger partial charge in [-0.25, -0.2) is 0 Å². The number of benzene rings is 2. The number of fused-ring (bicyclic) bond motifs is 1. The van der Waals surface area contributed by atoms with Crippen LogP contribution in [0.2, 0.25) is 0 Å². The van der Waals surface area contributed by atoms with Crippen LogP contribution in [0.25, 0.3) is 10.9 Å². The third-order valence-corrected chi connectivity index (χ3v) is 3.55. The molecule has 1 amide bonds. The van der Waals surface area contributed by atoms with E-state index in [1.165, 1.54) is 5.56 Å². The summed E-state index contributed by atoms with van der Waals surface area (Å²) in [6.45, 7) is 0.631. The van der Waals surface area contributed by atoms with Crippen molar-refractivity contribution in [2.24, 2.45) is 7.05 Å². The van der Waals surface area contributed by atoms with Crippen molar-refractivity contribution >= 4 is 16.8 Å². The number of nitrogens with one attached hydrogen (secondary N) is 1. The topological polar surface area (TPSA) is 46.9 Å². The first-order valence-corrected chi connectivity index (χ1v) is 6.98. The molecule has 3 rings (SSSR count). The van der Waals surface area contributed by atoms with Gasteiger partial charge >= 0.3 is 0 Å². The van der Waals surface area contributed by atoms with Gasteiger partial charge in [-0.15, -0.1) is 0 Å². The van der Waals surface area contributed by atoms with Crippen LogP contribution in [-0.2, 0) is 13.5 Å². The van der Waals surface area contributed by atoms with E-state index in [1.54, 1.807) is 10.9 Å². The lowest BCUT2D eigenvalue weighted by atomic mass is 10.1. The number of rotatable bonds is 4. The molecule has 0 fully saturated rings. The van der Waals surface area contributed by atoms with Crippen molar-refractivity contribution in [1.29, 1.82) is 0 Å². The van der Waals surface area contributed by atoms with E-state index in [1.807, 2.05) is 43.4 Å². The molecule has 2 aromatic carbocycles. The van der Waals surface area contributed by atoms with Crippen molar-refractivity contribution in [2.45, 2.75) is 6.42 Å². The first kappa shape index (κ1) is 13.4. The highest BCUT2D eigenvalue weighted by Crippen LogP contribution is 2.14. The van der Waals surface area contributed by atoms with Crippen molar-refractivity contribution in [3.63, 3.8) is 0 Å². The predicted octanol–water partition coefficient (Wildman–Crippen LogP) is 2.55. The van der Waals surface area contributed by atoms with E-state index in [2.05, 4.69) is 22.5 Å². The number of carbonyl (C=O) groups is 1. The van der Waals surface area contributed by atoms with Gasteiger partial charge in [-0.05, 0) is 24.1 Å². The van der Waals surface area contributed by atoms with Crippen molar-refractivity contribution in [3.05, 3.63) is 65.9 Å². The molecule has 1 N–H and O–H groups in total. The lowest BCUT2D eigenvalue weighted by molar-refractivity contribution is 0.0954. The van der Waals surface area contributed by atoms with Crippen LogP contribution in [0.3, 0.4) is 0 Å². The van der Waals surface area contributed by atoms with Crippen LogP contribution in [0.5, 0.6) is 0 Å². The molecular weight excluding hydrogens is 262 g/mol. The van der Waals surface area contributed by atoms with Gasteiger partial charge in [0.05, 0.1) is 11.7 Å². The number of amides is 1. The number of hydrogen-bond acceptors (Lipinski definition) is 2. The van der Waals surface area contributed by atoms with E-state index in [-0.39, 0.29) is 5.91 Å². The minimum atomic E-state index is -0.0472. The highest BCUT2D eigenvalue weighted by atomic mass is 16.1. The number of aryl methyl sites for hydroxylation is 1. The average molecular weight is 279 g/mol. The van der Waals surface area contributed by atoms with Crippen molar-refractivity contribution in [2.75, 3.05) is 6.54 Å². The van der Waals surface area contributed by atoms with Crippen molar-refractivity contribution in [3.8, 4) is 0 Å². The number of aromatic nitrogens is 2. The molecule has 0 unspecified atom stereocenters. The van der Waals surface area contributed by atoms with E-state index in [9.17, 15) is 4.79 Å². The molecule has 0 bridgehead atoms. The van der Waals surface area contributed by atoms with Crippen LogP contribution in [0, 0.1) is 0 Å². The van der Waals surface area contributed by atoms with Crippen LogP contribution in [0.15, 0.2) is 54.7 Å². The molecule has 21 heavy (non-hydrogen) atoms. The van der Waals surface area contributed by atoms with E-state index in [0.717, 1.165) is 17.3 Å². The van der Waals surface area contributed by atoms with E-state index in [0.29, 0.717) is 12.1 Å². The fourth-order valence-corrected chi connectivity index (χ4v) is 2.35. The summed E-state index contributed by atoms with van der Waals surface area (Å²) in [5.41, 5.74) is 2.85. The Bertz CT molecular complexity index is 762. The van der Waals surface area contributed by atoms with Crippen LogP contribution in [0.1, 0.15) is 15.9 Å². The van der Waals surface area contributed by atoms with Gasteiger partial charge in [-0.3, -0.25) is 9.48 Å². The predicted molar refractivity (Wildman–Crippen MR) is 83.2 cm³/mol. The third-order valence-electron chi connectivity index (χ3n) is 3.55. The molecule has 0 spiro atoms. The first-order valence-electron chi connectivity index (χ1n) is 6.98. The molecule has 4 heteroatoms. The van der Waals surface area contributed by atoms with E-state index in [4.69, 9.17) is 0 Å². The molecule has 0 aliphatic carbocycles. The molecule has 0 atom stereocenters. The zero-order valence-electron chi connectivity index (χ0n) is 11.9. The Kier molecular flexibility index (Phi) is 3.69. The molecule has 3 aromatic rings. The lowest BCUT2D eigenvalue weighted by Crippen LogP contribution is -2.25. The van der Waals surface area contributed by atoms with E-state index >= 15 is 0 Å². The Morgan fingerprint density at radius 2 is 2.00 bits per heavy atom. The molecule has 0 saturated heterocycles. The smallest absolute Gasteiger partial charge is 0.251 e. The fourth-order valence-electron chi connectivity index (χ4n) is 2.35. The Balaban J connectivity index is 1.65. The summed E-state index contributed by atoms with van der Waals surface area (Å²) in [6, 6.07) is 15.8. The summed E-state index contributed by atoms with van der Waals surface area (Å²) in [5.74, 6) is -0.0472. The molecule has 0 saturated carbocycles. The molecule has 1 heterocycles. The minimum absolute atomic E-state index is 0.0472. The molecular formula is C17H17N3O. The molecule has 1 aromatic heterocycles. The van der Waals surface area contributed by atoms with Gasteiger partial charge < -0.3 is 5.32 Å². The number of hydrogen-bond donors (Lipinski definition) is 1. The maximum Gasteiger partial charge on any atom is 0.251 e. The maximum absolute atomic E-state index is 12.2. The van der Waals surface area contributed by atoms with Gasteiger partial charge in [0.1, 0.15) is 0 Å². The summed E-state index contributed by atoms with van der Waals surface area (Å²) in [4.78, 5) is 12.2. The summed E-state index contributed by atoms with van der Waals surface area (Å²) >= 11 is 0. The molecule has 4 nitrogen and oxygen atoms in total. The van der Waals surface area contributed by atoms with Crippen LogP contribution in [0.4, 0.5) is 0 Å². The average Bonchev–Trinajstić information content (AvgIpc) is 2.89. The van der Waals surface area contributed by atoms with Crippen molar-refractivity contribution in [1.82, 2.24) is 15.1 Å². The van der Waals surface area contributed by atoms with Crippen molar-refractivity contribution < 1.29 is 4.79 Å². The van der Waals surface area contributed by atoms with Gasteiger partial charge in [0.25, 0.3) is 5.91 Å².